The van der Waals surface area contributed by atoms with E-state index in [0.29, 0.717) is 0 Å². The van der Waals surface area contributed by atoms with Crippen LogP contribution in [0.15, 0.2) is 0 Å². The maximum Gasteiger partial charge on any atom is 0.300 e. The molecule has 0 rings (SSSR count). The van der Waals surface area contributed by atoms with Crippen LogP contribution in [0.25, 0.3) is 0 Å². The molecule has 0 fully saturated rings. The average Bonchev–Trinajstić information content (AvgIpc) is 1.66. The summed E-state index contributed by atoms with van der Waals surface area (Å²) in [5.41, 5.74) is 0. The Balaban J connectivity index is 0. The number of carboxylic acids is 1. The molecular formula is C6H15NO2. The normalized spacial score (nSPS) is 7.44. The summed E-state index contributed by atoms with van der Waals surface area (Å²) in [4.78, 5) is 9.00. The molecule has 3 nitrogen and oxygen atoms in total. The van der Waals surface area contributed by atoms with E-state index in [4.69, 9.17) is 9.90 Å². The zero-order chi connectivity index (χ0) is 7.70. The molecule has 0 atom stereocenters. The van der Waals surface area contributed by atoms with Crippen LogP contribution in [-0.2, 0) is 4.79 Å². The SMILES string of the molecule is CC(=O)O.CCNCC. The number of aliphatic carboxylic acids is 1. The lowest BCUT2D eigenvalue weighted by molar-refractivity contribution is -0.134. The minimum Gasteiger partial charge on any atom is -0.481 e. The van der Waals surface area contributed by atoms with Crippen LogP contribution in [0.3, 0.4) is 0 Å². The smallest absolute Gasteiger partial charge is 0.300 e. The minimum absolute atomic E-state index is 0.833. The minimum atomic E-state index is -0.833. The molecule has 0 radical (unpaired) electrons. The Bertz CT molecular complexity index is 58.1. The van der Waals surface area contributed by atoms with Crippen LogP contribution in [0.2, 0.25) is 0 Å². The molecule has 0 unspecified atom stereocenters. The summed E-state index contributed by atoms with van der Waals surface area (Å²) in [6.45, 7) is 7.47. The summed E-state index contributed by atoms with van der Waals surface area (Å²) < 4.78 is 0. The summed E-state index contributed by atoms with van der Waals surface area (Å²) in [6, 6.07) is 0. The van der Waals surface area contributed by atoms with Crippen molar-refractivity contribution in [3.8, 4) is 0 Å². The summed E-state index contributed by atoms with van der Waals surface area (Å²) in [5, 5.41) is 10.5. The van der Waals surface area contributed by atoms with Crippen molar-refractivity contribution in [1.82, 2.24) is 5.32 Å². The highest BCUT2D eigenvalue weighted by Crippen LogP contribution is 1.47. The third-order valence-electron chi connectivity index (χ3n) is 0.500. The number of hydrogen-bond acceptors (Lipinski definition) is 2. The zero-order valence-corrected chi connectivity index (χ0v) is 6.27. The first kappa shape index (κ1) is 11.3. The predicted octanol–water partition coefficient (Wildman–Crippen LogP) is 0.707. The molecule has 0 aromatic carbocycles. The predicted molar refractivity (Wildman–Crippen MR) is 37.5 cm³/mol. The molecule has 0 amide bonds. The van der Waals surface area contributed by atoms with E-state index in [0.717, 1.165) is 20.0 Å². The fourth-order valence-electron chi connectivity index (χ4n) is 0.250. The zero-order valence-electron chi connectivity index (χ0n) is 6.27. The van der Waals surface area contributed by atoms with Gasteiger partial charge in [0.05, 0.1) is 0 Å². The van der Waals surface area contributed by atoms with E-state index in [9.17, 15) is 0 Å². The van der Waals surface area contributed by atoms with Gasteiger partial charge in [-0.3, -0.25) is 4.79 Å². The van der Waals surface area contributed by atoms with Gasteiger partial charge in [0.15, 0.2) is 0 Å². The molecule has 56 valence electrons. The van der Waals surface area contributed by atoms with Gasteiger partial charge in [-0.05, 0) is 13.1 Å². The second kappa shape index (κ2) is 10.4. The van der Waals surface area contributed by atoms with E-state index in [-0.39, 0.29) is 0 Å². The van der Waals surface area contributed by atoms with Crippen LogP contribution < -0.4 is 5.32 Å². The first-order chi connectivity index (χ1) is 4.15. The van der Waals surface area contributed by atoms with Crippen molar-refractivity contribution in [2.45, 2.75) is 20.8 Å². The van der Waals surface area contributed by atoms with Gasteiger partial charge in [-0.2, -0.15) is 0 Å². The second-order valence-electron chi connectivity index (χ2n) is 1.48. The van der Waals surface area contributed by atoms with Gasteiger partial charge in [0.2, 0.25) is 0 Å². The molecular weight excluding hydrogens is 118 g/mol. The van der Waals surface area contributed by atoms with Gasteiger partial charge in [0.1, 0.15) is 0 Å². The molecule has 0 aromatic rings. The number of rotatable bonds is 2. The van der Waals surface area contributed by atoms with Gasteiger partial charge in [-0.1, -0.05) is 13.8 Å². The molecule has 2 N–H and O–H groups in total. The Morgan fingerprint density at radius 2 is 1.67 bits per heavy atom. The van der Waals surface area contributed by atoms with Gasteiger partial charge in [-0.15, -0.1) is 0 Å². The highest BCUT2D eigenvalue weighted by molar-refractivity contribution is 5.62. The van der Waals surface area contributed by atoms with E-state index in [1.165, 1.54) is 0 Å². The van der Waals surface area contributed by atoms with Crippen molar-refractivity contribution in [2.24, 2.45) is 0 Å². The van der Waals surface area contributed by atoms with Crippen molar-refractivity contribution in [3.63, 3.8) is 0 Å². The topological polar surface area (TPSA) is 49.3 Å². The number of hydrogen-bond donors (Lipinski definition) is 2. The molecule has 0 saturated heterocycles. The second-order valence-corrected chi connectivity index (χ2v) is 1.48. The van der Waals surface area contributed by atoms with Crippen LogP contribution >= 0.6 is 0 Å². The standard InChI is InChI=1S/C4H11N.C2H4O2/c1-3-5-4-2;1-2(3)4/h5H,3-4H2,1-2H3;1H3,(H,3,4). The van der Waals surface area contributed by atoms with Crippen LogP contribution in [-0.4, -0.2) is 24.2 Å². The third kappa shape index (κ3) is 107. The molecule has 0 heterocycles. The molecule has 0 aliphatic carbocycles. The fourth-order valence-corrected chi connectivity index (χ4v) is 0.250. The molecule has 0 bridgehead atoms. The lowest BCUT2D eigenvalue weighted by atomic mass is 10.7. The van der Waals surface area contributed by atoms with Crippen molar-refractivity contribution >= 4 is 5.97 Å². The summed E-state index contributed by atoms with van der Waals surface area (Å²) in [6.07, 6.45) is 0. The highest BCUT2D eigenvalue weighted by atomic mass is 16.4. The number of carbonyl (C=O) groups is 1. The van der Waals surface area contributed by atoms with Crippen molar-refractivity contribution in [3.05, 3.63) is 0 Å². The lowest BCUT2D eigenvalue weighted by Gasteiger charge is -1.86. The van der Waals surface area contributed by atoms with E-state index in [1.807, 2.05) is 0 Å². The molecule has 0 aliphatic rings. The first-order valence-electron chi connectivity index (χ1n) is 3.05. The van der Waals surface area contributed by atoms with E-state index < -0.39 is 5.97 Å². The highest BCUT2D eigenvalue weighted by Gasteiger charge is 1.65. The van der Waals surface area contributed by atoms with Crippen LogP contribution in [0.4, 0.5) is 0 Å². The Labute approximate surface area is 56.1 Å². The maximum absolute atomic E-state index is 9.00. The monoisotopic (exact) mass is 133 g/mol. The summed E-state index contributed by atoms with van der Waals surface area (Å²) >= 11 is 0. The summed E-state index contributed by atoms with van der Waals surface area (Å²) in [5.74, 6) is -0.833. The Morgan fingerprint density at radius 3 is 1.67 bits per heavy atom. The van der Waals surface area contributed by atoms with Gasteiger partial charge in [-0.25, -0.2) is 0 Å². The van der Waals surface area contributed by atoms with Crippen LogP contribution in [0.5, 0.6) is 0 Å². The van der Waals surface area contributed by atoms with Crippen LogP contribution in [0.1, 0.15) is 20.8 Å². The van der Waals surface area contributed by atoms with Gasteiger partial charge in [0, 0.05) is 6.92 Å². The first-order valence-corrected chi connectivity index (χ1v) is 3.05. The van der Waals surface area contributed by atoms with Gasteiger partial charge < -0.3 is 10.4 Å². The molecule has 0 spiro atoms. The molecule has 0 saturated carbocycles. The van der Waals surface area contributed by atoms with Gasteiger partial charge >= 0.3 is 0 Å². The van der Waals surface area contributed by atoms with E-state index >= 15 is 0 Å². The van der Waals surface area contributed by atoms with E-state index in [1.54, 1.807) is 0 Å². The van der Waals surface area contributed by atoms with Crippen molar-refractivity contribution < 1.29 is 9.90 Å². The van der Waals surface area contributed by atoms with Crippen LogP contribution in [0, 0.1) is 0 Å². The molecule has 0 aliphatic heterocycles. The van der Waals surface area contributed by atoms with E-state index in [2.05, 4.69) is 19.2 Å². The third-order valence-corrected chi connectivity index (χ3v) is 0.500. The molecule has 9 heavy (non-hydrogen) atoms. The van der Waals surface area contributed by atoms with Crippen molar-refractivity contribution in [2.75, 3.05) is 13.1 Å². The number of carboxylic acid groups (broad SMARTS) is 1. The fraction of sp³-hybridized carbons (Fsp3) is 0.833. The average molecular weight is 133 g/mol. The Kier molecular flexibility index (Phi) is 13.0. The molecule has 0 aromatic heterocycles. The Morgan fingerprint density at radius 1 is 1.44 bits per heavy atom. The molecule has 3 heteroatoms. The van der Waals surface area contributed by atoms with Crippen molar-refractivity contribution in [1.29, 1.82) is 0 Å². The summed E-state index contributed by atoms with van der Waals surface area (Å²) in [7, 11) is 0. The lowest BCUT2D eigenvalue weighted by Crippen LogP contribution is -2.09. The Hall–Kier alpha value is -0.570. The quantitative estimate of drug-likeness (QED) is 0.583. The van der Waals surface area contributed by atoms with Gasteiger partial charge in [0.25, 0.3) is 5.97 Å². The number of nitrogens with one attached hydrogen (secondary N) is 1. The maximum atomic E-state index is 9.00. The largest absolute Gasteiger partial charge is 0.481 e.